The molecular formula is C23H33F4N5O4S. The Hall–Kier alpha value is -2.29. The largest absolute Gasteiger partial charge is 0.416 e. The van der Waals surface area contributed by atoms with Gasteiger partial charge in [-0.1, -0.05) is 6.07 Å². The molecule has 0 radical (unpaired) electrons. The summed E-state index contributed by atoms with van der Waals surface area (Å²) in [4.78, 5) is 27.1. The fraction of sp³-hybridized carbons (Fsp3) is 0.652. The molecule has 1 aromatic rings. The number of hydrogen-bond donors (Lipinski definition) is 2. The first-order valence-electron chi connectivity index (χ1n) is 12.0. The molecule has 2 aliphatic heterocycles. The maximum Gasteiger partial charge on any atom is 0.416 e. The zero-order valence-corrected chi connectivity index (χ0v) is 22.0. The summed E-state index contributed by atoms with van der Waals surface area (Å²) in [7, 11) is -0.500. The van der Waals surface area contributed by atoms with Crippen LogP contribution < -0.4 is 10.6 Å². The van der Waals surface area contributed by atoms with Crippen molar-refractivity contribution in [2.24, 2.45) is 5.92 Å². The number of likely N-dealkylation sites (N-methyl/N-ethyl adjacent to an activating group) is 2. The zero-order chi connectivity index (χ0) is 27.7. The van der Waals surface area contributed by atoms with Crippen LogP contribution in [0.15, 0.2) is 18.2 Å². The molecule has 0 aromatic heterocycles. The van der Waals surface area contributed by atoms with Crippen molar-refractivity contribution >= 4 is 22.0 Å². The molecule has 0 aliphatic carbocycles. The van der Waals surface area contributed by atoms with E-state index >= 15 is 0 Å². The molecule has 2 aliphatic rings. The highest BCUT2D eigenvalue weighted by Crippen LogP contribution is 2.31. The average molecular weight is 552 g/mol. The van der Waals surface area contributed by atoms with Gasteiger partial charge in [0.05, 0.1) is 17.5 Å². The predicted molar refractivity (Wildman–Crippen MR) is 128 cm³/mol. The van der Waals surface area contributed by atoms with Crippen molar-refractivity contribution in [3.63, 3.8) is 0 Å². The molecule has 37 heavy (non-hydrogen) atoms. The lowest BCUT2D eigenvalue weighted by Crippen LogP contribution is -2.63. The number of nitrogens with zero attached hydrogens (tertiary/aromatic N) is 3. The first-order chi connectivity index (χ1) is 17.2. The van der Waals surface area contributed by atoms with Crippen molar-refractivity contribution in [2.45, 2.75) is 51.0 Å². The summed E-state index contributed by atoms with van der Waals surface area (Å²) < 4.78 is 81.2. The summed E-state index contributed by atoms with van der Waals surface area (Å²) >= 11 is 0. The number of carbonyl (C=O) groups excluding carboxylic acids is 2. The Morgan fingerprint density at radius 3 is 2.35 bits per heavy atom. The number of piperidine rings is 1. The van der Waals surface area contributed by atoms with Gasteiger partial charge >= 0.3 is 6.18 Å². The van der Waals surface area contributed by atoms with Gasteiger partial charge in [0.1, 0.15) is 11.9 Å². The SMILES string of the molecule is CNC1CN(S(=O)(=O)N2CCC[C@H](C(=O)N(C)[C@H](C)C(=O)N[C@H](C)c3ccc(C(F)(F)F)cc3F)C2)C1. The second-order valence-electron chi connectivity index (χ2n) is 9.60. The average Bonchev–Trinajstić information content (AvgIpc) is 2.81. The number of amides is 2. The quantitative estimate of drug-likeness (QED) is 0.480. The minimum Gasteiger partial charge on any atom is -0.348 e. The first-order valence-corrected chi connectivity index (χ1v) is 13.4. The summed E-state index contributed by atoms with van der Waals surface area (Å²) in [6.45, 7) is 3.94. The van der Waals surface area contributed by atoms with Gasteiger partial charge in [0.15, 0.2) is 0 Å². The Morgan fingerprint density at radius 2 is 1.78 bits per heavy atom. The lowest BCUT2D eigenvalue weighted by molar-refractivity contribution is -0.142. The Kier molecular flexibility index (Phi) is 8.87. The van der Waals surface area contributed by atoms with Crippen LogP contribution in [0, 0.1) is 11.7 Å². The standard InChI is InChI=1S/C23H33F4N5O4S/c1-14(19-8-7-17(10-20(19)24)23(25,26)27)29-21(33)15(2)30(4)22(34)16-6-5-9-31(11-16)37(35,36)32-12-18(13-32)28-3/h7-8,10,14-16,18,28H,5-6,9,11-13H2,1-4H3,(H,29,33)/t14-,15-,16+/m1/s1. The number of benzene rings is 1. The molecule has 208 valence electrons. The van der Waals surface area contributed by atoms with E-state index in [-0.39, 0.29) is 18.2 Å². The topological polar surface area (TPSA) is 102 Å². The lowest BCUT2D eigenvalue weighted by Gasteiger charge is -2.42. The van der Waals surface area contributed by atoms with E-state index in [1.54, 1.807) is 7.05 Å². The van der Waals surface area contributed by atoms with Gasteiger partial charge in [-0.3, -0.25) is 9.59 Å². The van der Waals surface area contributed by atoms with E-state index in [0.717, 1.165) is 12.1 Å². The van der Waals surface area contributed by atoms with E-state index in [1.807, 2.05) is 0 Å². The van der Waals surface area contributed by atoms with E-state index in [0.29, 0.717) is 38.5 Å². The summed E-state index contributed by atoms with van der Waals surface area (Å²) in [6.07, 6.45) is -3.73. The van der Waals surface area contributed by atoms with Crippen LogP contribution in [-0.2, 0) is 26.0 Å². The van der Waals surface area contributed by atoms with E-state index < -0.39 is 57.6 Å². The zero-order valence-electron chi connectivity index (χ0n) is 21.2. The molecular weight excluding hydrogens is 518 g/mol. The molecule has 14 heteroatoms. The number of halogens is 4. The van der Waals surface area contributed by atoms with Gasteiger partial charge in [-0.2, -0.15) is 30.2 Å². The first kappa shape index (κ1) is 29.3. The van der Waals surface area contributed by atoms with Crippen molar-refractivity contribution in [2.75, 3.05) is 40.3 Å². The minimum atomic E-state index is -4.69. The highest BCUT2D eigenvalue weighted by Gasteiger charge is 2.42. The molecule has 2 heterocycles. The molecule has 2 saturated heterocycles. The molecule has 3 atom stereocenters. The number of rotatable bonds is 8. The Balaban J connectivity index is 1.60. The number of hydrogen-bond acceptors (Lipinski definition) is 5. The van der Waals surface area contributed by atoms with Crippen LogP contribution in [0.25, 0.3) is 0 Å². The second-order valence-corrected chi connectivity index (χ2v) is 11.5. The third kappa shape index (κ3) is 6.41. The molecule has 0 saturated carbocycles. The van der Waals surface area contributed by atoms with E-state index in [1.165, 1.54) is 34.4 Å². The maximum absolute atomic E-state index is 14.3. The molecule has 0 spiro atoms. The van der Waals surface area contributed by atoms with Crippen molar-refractivity contribution in [3.05, 3.63) is 35.1 Å². The van der Waals surface area contributed by atoms with Crippen LogP contribution in [-0.4, -0.2) is 86.1 Å². The Morgan fingerprint density at radius 1 is 1.14 bits per heavy atom. The van der Waals surface area contributed by atoms with Gasteiger partial charge in [-0.15, -0.1) is 0 Å². The van der Waals surface area contributed by atoms with Crippen LogP contribution in [0.2, 0.25) is 0 Å². The third-order valence-electron chi connectivity index (χ3n) is 7.10. The van der Waals surface area contributed by atoms with Gasteiger partial charge in [-0.05, 0) is 45.9 Å². The van der Waals surface area contributed by atoms with Crippen molar-refractivity contribution in [1.82, 2.24) is 24.1 Å². The summed E-state index contributed by atoms with van der Waals surface area (Å²) in [5.74, 6) is -2.75. The van der Waals surface area contributed by atoms with Crippen LogP contribution in [0.4, 0.5) is 17.6 Å². The molecule has 9 nitrogen and oxygen atoms in total. The van der Waals surface area contributed by atoms with Gasteiger partial charge in [0.25, 0.3) is 10.2 Å². The van der Waals surface area contributed by atoms with E-state index in [2.05, 4.69) is 10.6 Å². The van der Waals surface area contributed by atoms with Gasteiger partial charge in [0, 0.05) is 44.8 Å². The molecule has 2 fully saturated rings. The molecule has 0 bridgehead atoms. The van der Waals surface area contributed by atoms with Crippen LogP contribution in [0.3, 0.4) is 0 Å². The number of alkyl halides is 3. The minimum absolute atomic E-state index is 0.00767. The molecule has 1 aromatic carbocycles. The highest BCUT2D eigenvalue weighted by molar-refractivity contribution is 7.86. The fourth-order valence-electron chi connectivity index (χ4n) is 4.45. The molecule has 3 rings (SSSR count). The summed E-state index contributed by atoms with van der Waals surface area (Å²) in [5.41, 5.74) is -1.26. The maximum atomic E-state index is 14.3. The van der Waals surface area contributed by atoms with Gasteiger partial charge < -0.3 is 15.5 Å². The van der Waals surface area contributed by atoms with Crippen molar-refractivity contribution < 1.29 is 35.6 Å². The molecule has 2 N–H and O–H groups in total. The number of carbonyl (C=O) groups is 2. The van der Waals surface area contributed by atoms with Gasteiger partial charge in [0.2, 0.25) is 11.8 Å². The molecule has 0 unspecified atom stereocenters. The third-order valence-corrected chi connectivity index (χ3v) is 9.04. The van der Waals surface area contributed by atoms with Crippen LogP contribution >= 0.6 is 0 Å². The van der Waals surface area contributed by atoms with Gasteiger partial charge in [-0.25, -0.2) is 4.39 Å². The van der Waals surface area contributed by atoms with Crippen LogP contribution in [0.5, 0.6) is 0 Å². The normalized spacial score (nSPS) is 21.7. The summed E-state index contributed by atoms with van der Waals surface area (Å²) in [6, 6.07) is 0.249. The second kappa shape index (κ2) is 11.2. The van der Waals surface area contributed by atoms with Crippen molar-refractivity contribution in [3.8, 4) is 0 Å². The van der Waals surface area contributed by atoms with Crippen molar-refractivity contribution in [1.29, 1.82) is 0 Å². The van der Waals surface area contributed by atoms with Crippen LogP contribution in [0.1, 0.15) is 43.9 Å². The lowest BCUT2D eigenvalue weighted by atomic mass is 9.97. The smallest absolute Gasteiger partial charge is 0.348 e. The van der Waals surface area contributed by atoms with E-state index in [9.17, 15) is 35.6 Å². The summed E-state index contributed by atoms with van der Waals surface area (Å²) in [5, 5.41) is 5.55. The Labute approximate surface area is 214 Å². The number of nitrogens with one attached hydrogen (secondary N) is 2. The Bertz CT molecular complexity index is 1110. The van der Waals surface area contributed by atoms with E-state index in [4.69, 9.17) is 0 Å². The fourth-order valence-corrected chi connectivity index (χ4v) is 6.24. The predicted octanol–water partition coefficient (Wildman–Crippen LogP) is 1.73. The molecule has 2 amide bonds. The highest BCUT2D eigenvalue weighted by atomic mass is 32.2. The monoisotopic (exact) mass is 551 g/mol.